The lowest BCUT2D eigenvalue weighted by Gasteiger charge is -2.17. The van der Waals surface area contributed by atoms with E-state index in [-0.39, 0.29) is 29.5 Å². The zero-order chi connectivity index (χ0) is 25.0. The second-order valence-corrected chi connectivity index (χ2v) is 8.94. The zero-order valence-electron chi connectivity index (χ0n) is 18.6. The average Bonchev–Trinajstić information content (AvgIpc) is 3.52. The van der Waals surface area contributed by atoms with E-state index in [1.807, 2.05) is 6.07 Å². The van der Waals surface area contributed by atoms with Crippen LogP contribution in [0.1, 0.15) is 11.3 Å². The molecule has 4 rings (SSSR count). The topological polar surface area (TPSA) is 145 Å². The first-order valence-electron chi connectivity index (χ1n) is 10.1. The normalized spacial score (nSPS) is 11.1. The molecule has 0 spiro atoms. The molecule has 3 aromatic heterocycles. The van der Waals surface area contributed by atoms with Crippen molar-refractivity contribution in [3.05, 3.63) is 65.9 Å². The lowest BCUT2D eigenvalue weighted by molar-refractivity contribution is 0.391. The molecule has 1 N–H and O–H groups in total. The van der Waals surface area contributed by atoms with Crippen molar-refractivity contribution >= 4 is 16.0 Å². The van der Waals surface area contributed by atoms with Crippen LogP contribution in [0, 0.1) is 17.1 Å². The van der Waals surface area contributed by atoms with Crippen LogP contribution in [-0.2, 0) is 16.4 Å². The highest BCUT2D eigenvalue weighted by molar-refractivity contribution is 7.92. The molecule has 0 amide bonds. The van der Waals surface area contributed by atoms with E-state index in [1.54, 1.807) is 30.3 Å². The minimum Gasteiger partial charge on any atom is -0.494 e. The smallest absolute Gasteiger partial charge is 0.243 e. The molecule has 0 unspecified atom stereocenters. The summed E-state index contributed by atoms with van der Waals surface area (Å²) in [5.41, 5.74) is 0.462. The minimum atomic E-state index is -4.02. The number of nitriles is 1. The molecule has 0 aliphatic carbocycles. The van der Waals surface area contributed by atoms with Gasteiger partial charge in [0.15, 0.2) is 5.76 Å². The van der Waals surface area contributed by atoms with Gasteiger partial charge < -0.3 is 13.9 Å². The van der Waals surface area contributed by atoms with Crippen molar-refractivity contribution in [1.82, 2.24) is 19.7 Å². The maximum atomic E-state index is 13.4. The number of aromatic nitrogens is 4. The third-order valence-electron chi connectivity index (χ3n) is 4.94. The number of rotatable bonds is 9. The van der Waals surface area contributed by atoms with Crippen LogP contribution in [0.4, 0.5) is 10.3 Å². The van der Waals surface area contributed by atoms with Gasteiger partial charge in [0, 0.05) is 6.42 Å². The van der Waals surface area contributed by atoms with Gasteiger partial charge in [-0.25, -0.2) is 12.8 Å². The summed E-state index contributed by atoms with van der Waals surface area (Å²) < 4.78 is 59.5. The molecule has 0 fully saturated rings. The summed E-state index contributed by atoms with van der Waals surface area (Å²) in [5.74, 6) is -0.0279. The fourth-order valence-corrected chi connectivity index (χ4v) is 4.34. The van der Waals surface area contributed by atoms with Gasteiger partial charge in [-0.1, -0.05) is 6.07 Å². The Morgan fingerprint density at radius 1 is 1.17 bits per heavy atom. The van der Waals surface area contributed by atoms with E-state index in [0.29, 0.717) is 22.9 Å². The average molecular weight is 498 g/mol. The number of methoxy groups -OCH3 is 2. The molecule has 11 nitrogen and oxygen atoms in total. The molecule has 0 radical (unpaired) electrons. The standard InChI is InChI=1S/C22H19FN6O5S/c1-32-17-5-3-6-18(33-2)20(17)29-21(19-7-4-9-34-19)26-27-22(29)28-35(30,31)10-8-16-14(12-24)11-15(23)13-25-16/h3-7,9,11,13H,8,10H2,1-2H3,(H,27,28). The first-order valence-corrected chi connectivity index (χ1v) is 11.8. The summed E-state index contributed by atoms with van der Waals surface area (Å²) in [6.07, 6.45) is 2.24. The minimum absolute atomic E-state index is 0.0396. The Morgan fingerprint density at radius 2 is 1.91 bits per heavy atom. The molecule has 4 aromatic rings. The fourth-order valence-electron chi connectivity index (χ4n) is 3.36. The first-order chi connectivity index (χ1) is 16.9. The van der Waals surface area contributed by atoms with E-state index in [1.165, 1.54) is 25.0 Å². The van der Waals surface area contributed by atoms with Gasteiger partial charge in [0.1, 0.15) is 29.1 Å². The molecular weight excluding hydrogens is 479 g/mol. The highest BCUT2D eigenvalue weighted by Crippen LogP contribution is 2.37. The number of sulfonamides is 1. The molecular formula is C22H19FN6O5S. The van der Waals surface area contributed by atoms with Gasteiger partial charge in [-0.2, -0.15) is 5.26 Å². The lowest BCUT2D eigenvalue weighted by Crippen LogP contribution is -2.21. The van der Waals surface area contributed by atoms with Crippen molar-refractivity contribution in [2.45, 2.75) is 6.42 Å². The van der Waals surface area contributed by atoms with Crippen LogP contribution in [0.2, 0.25) is 0 Å². The molecule has 35 heavy (non-hydrogen) atoms. The summed E-state index contributed by atoms with van der Waals surface area (Å²) in [4.78, 5) is 3.84. The molecule has 0 saturated carbocycles. The van der Waals surface area contributed by atoms with E-state index in [4.69, 9.17) is 13.9 Å². The summed E-state index contributed by atoms with van der Waals surface area (Å²) in [6.45, 7) is 0. The van der Waals surface area contributed by atoms with E-state index in [9.17, 15) is 18.1 Å². The molecule has 180 valence electrons. The van der Waals surface area contributed by atoms with Crippen molar-refractivity contribution in [3.8, 4) is 34.8 Å². The van der Waals surface area contributed by atoms with Crippen LogP contribution < -0.4 is 14.2 Å². The second kappa shape index (κ2) is 9.82. The van der Waals surface area contributed by atoms with E-state index in [2.05, 4.69) is 19.9 Å². The van der Waals surface area contributed by atoms with Crippen LogP contribution in [0.5, 0.6) is 11.5 Å². The number of aryl methyl sites for hydroxylation is 1. The molecule has 0 atom stereocenters. The predicted molar refractivity (Wildman–Crippen MR) is 122 cm³/mol. The predicted octanol–water partition coefficient (Wildman–Crippen LogP) is 2.93. The van der Waals surface area contributed by atoms with Gasteiger partial charge in [0.25, 0.3) is 0 Å². The Bertz CT molecular complexity index is 1470. The first kappa shape index (κ1) is 23.7. The number of hydrogen-bond donors (Lipinski definition) is 1. The number of benzene rings is 1. The zero-order valence-corrected chi connectivity index (χ0v) is 19.4. The van der Waals surface area contributed by atoms with E-state index >= 15 is 0 Å². The van der Waals surface area contributed by atoms with Crippen LogP contribution >= 0.6 is 0 Å². The van der Waals surface area contributed by atoms with Crippen LogP contribution in [-0.4, -0.2) is 48.1 Å². The third-order valence-corrected chi connectivity index (χ3v) is 6.18. The quantitative estimate of drug-likeness (QED) is 0.368. The van der Waals surface area contributed by atoms with Gasteiger partial charge in [-0.05, 0) is 30.3 Å². The third kappa shape index (κ3) is 4.92. The molecule has 0 aliphatic heterocycles. The summed E-state index contributed by atoms with van der Waals surface area (Å²) >= 11 is 0. The highest BCUT2D eigenvalue weighted by Gasteiger charge is 2.26. The molecule has 1 aromatic carbocycles. The number of pyridine rings is 1. The Labute approximate surface area is 199 Å². The molecule has 3 heterocycles. The van der Waals surface area contributed by atoms with Crippen LogP contribution in [0.3, 0.4) is 0 Å². The highest BCUT2D eigenvalue weighted by atomic mass is 32.2. The van der Waals surface area contributed by atoms with Crippen molar-refractivity contribution in [3.63, 3.8) is 0 Å². The van der Waals surface area contributed by atoms with E-state index in [0.717, 1.165) is 12.3 Å². The van der Waals surface area contributed by atoms with Crippen molar-refractivity contribution in [1.29, 1.82) is 5.26 Å². The number of hydrogen-bond acceptors (Lipinski definition) is 9. The number of para-hydroxylation sites is 1. The number of nitrogens with one attached hydrogen (secondary N) is 1. The molecule has 0 bridgehead atoms. The molecule has 0 saturated heterocycles. The van der Waals surface area contributed by atoms with E-state index < -0.39 is 21.6 Å². The largest absolute Gasteiger partial charge is 0.494 e. The Hall–Kier alpha value is -4.44. The van der Waals surface area contributed by atoms with Gasteiger partial charge in [-0.15, -0.1) is 10.2 Å². The molecule has 0 aliphatic rings. The number of ether oxygens (including phenoxy) is 2. The van der Waals surface area contributed by atoms with Crippen LogP contribution in [0.15, 0.2) is 53.3 Å². The summed E-state index contributed by atoms with van der Waals surface area (Å²) in [5, 5.41) is 17.3. The maximum Gasteiger partial charge on any atom is 0.243 e. The van der Waals surface area contributed by atoms with Gasteiger partial charge in [-0.3, -0.25) is 14.3 Å². The van der Waals surface area contributed by atoms with Gasteiger partial charge in [0.05, 0.1) is 43.7 Å². The van der Waals surface area contributed by atoms with Crippen molar-refractivity contribution < 1.29 is 26.7 Å². The number of anilines is 1. The summed E-state index contributed by atoms with van der Waals surface area (Å²) in [6, 6.07) is 11.2. The SMILES string of the molecule is COc1cccc(OC)c1-n1c(NS(=O)(=O)CCc2ncc(F)cc2C#N)nnc1-c1ccco1. The number of halogens is 1. The fraction of sp³-hybridized carbons (Fsp3) is 0.182. The molecule has 13 heteroatoms. The lowest BCUT2D eigenvalue weighted by atomic mass is 10.2. The Balaban J connectivity index is 1.73. The number of furan rings is 1. The Morgan fingerprint density at radius 3 is 2.54 bits per heavy atom. The Kier molecular flexibility index (Phi) is 6.65. The monoisotopic (exact) mass is 498 g/mol. The van der Waals surface area contributed by atoms with Crippen LogP contribution in [0.25, 0.3) is 17.3 Å². The second-order valence-electron chi connectivity index (χ2n) is 7.10. The summed E-state index contributed by atoms with van der Waals surface area (Å²) in [7, 11) is -1.10. The van der Waals surface area contributed by atoms with Gasteiger partial charge >= 0.3 is 0 Å². The maximum absolute atomic E-state index is 13.4. The van der Waals surface area contributed by atoms with Crippen molar-refractivity contribution in [2.75, 3.05) is 24.7 Å². The number of nitrogens with zero attached hydrogens (tertiary/aromatic N) is 5. The van der Waals surface area contributed by atoms with Crippen molar-refractivity contribution in [2.24, 2.45) is 0 Å². The van der Waals surface area contributed by atoms with Gasteiger partial charge in [0.2, 0.25) is 21.8 Å².